The predicted octanol–water partition coefficient (Wildman–Crippen LogP) is 4.72. The standard InChI is InChI=1S/C23H26N2O4/c1-5-16-6-8-17(9-7-16)22-24-20(29-25-22)14-28-21(26)15-27-19-12-10-18(11-13-19)23(2,3)4/h6-13H,5,14-15H2,1-4H3. The highest BCUT2D eigenvalue weighted by molar-refractivity contribution is 5.71. The lowest BCUT2D eigenvalue weighted by molar-refractivity contribution is -0.148. The minimum absolute atomic E-state index is 0.0679. The number of hydrogen-bond donors (Lipinski definition) is 0. The Kier molecular flexibility index (Phi) is 6.32. The fraction of sp³-hybridized carbons (Fsp3) is 0.348. The molecule has 0 bridgehead atoms. The van der Waals surface area contributed by atoms with Gasteiger partial charge in [-0.1, -0.05) is 69.2 Å². The first-order valence-electron chi connectivity index (χ1n) is 9.66. The van der Waals surface area contributed by atoms with Crippen molar-refractivity contribution in [2.24, 2.45) is 0 Å². The molecule has 0 spiro atoms. The number of benzene rings is 2. The summed E-state index contributed by atoms with van der Waals surface area (Å²) in [7, 11) is 0. The molecule has 3 rings (SSSR count). The fourth-order valence-electron chi connectivity index (χ4n) is 2.70. The molecule has 0 fully saturated rings. The van der Waals surface area contributed by atoms with E-state index in [4.69, 9.17) is 14.0 Å². The average molecular weight is 394 g/mol. The Morgan fingerprint density at radius 1 is 1.03 bits per heavy atom. The van der Waals surface area contributed by atoms with E-state index in [9.17, 15) is 4.79 Å². The lowest BCUT2D eigenvalue weighted by Crippen LogP contribution is -2.15. The highest BCUT2D eigenvalue weighted by Gasteiger charge is 2.14. The monoisotopic (exact) mass is 394 g/mol. The van der Waals surface area contributed by atoms with Crippen molar-refractivity contribution in [3.8, 4) is 17.1 Å². The van der Waals surface area contributed by atoms with Gasteiger partial charge in [-0.3, -0.25) is 0 Å². The third kappa shape index (κ3) is 5.67. The molecule has 6 heteroatoms. The summed E-state index contributed by atoms with van der Waals surface area (Å²) in [4.78, 5) is 16.2. The number of carbonyl (C=O) groups is 1. The SMILES string of the molecule is CCc1ccc(-c2noc(COC(=O)COc3ccc(C(C)(C)C)cc3)n2)cc1. The first-order chi connectivity index (χ1) is 13.8. The Labute approximate surface area is 170 Å². The van der Waals surface area contributed by atoms with Crippen molar-refractivity contribution in [2.45, 2.75) is 46.1 Å². The van der Waals surface area contributed by atoms with Crippen LogP contribution in [0.15, 0.2) is 53.1 Å². The molecule has 3 aromatic rings. The Bertz CT molecular complexity index is 938. The van der Waals surface area contributed by atoms with E-state index >= 15 is 0 Å². The molecule has 0 aliphatic rings. The molecule has 0 atom stereocenters. The summed E-state index contributed by atoms with van der Waals surface area (Å²) in [6.45, 7) is 8.25. The number of ether oxygens (including phenoxy) is 2. The van der Waals surface area contributed by atoms with Gasteiger partial charge in [0.05, 0.1) is 0 Å². The average Bonchev–Trinajstić information content (AvgIpc) is 3.19. The number of hydrogen-bond acceptors (Lipinski definition) is 6. The van der Waals surface area contributed by atoms with Crippen molar-refractivity contribution in [3.05, 3.63) is 65.5 Å². The number of aryl methyl sites for hydroxylation is 1. The van der Waals surface area contributed by atoms with Crippen LogP contribution in [0.2, 0.25) is 0 Å². The normalized spacial score (nSPS) is 11.3. The smallest absolute Gasteiger partial charge is 0.344 e. The zero-order valence-electron chi connectivity index (χ0n) is 17.3. The summed E-state index contributed by atoms with van der Waals surface area (Å²) in [5, 5.41) is 3.93. The van der Waals surface area contributed by atoms with Gasteiger partial charge in [0, 0.05) is 5.56 Å². The van der Waals surface area contributed by atoms with Crippen molar-refractivity contribution in [2.75, 3.05) is 6.61 Å². The topological polar surface area (TPSA) is 74.5 Å². The molecule has 1 heterocycles. The van der Waals surface area contributed by atoms with Crippen LogP contribution in [0.3, 0.4) is 0 Å². The summed E-state index contributed by atoms with van der Waals surface area (Å²) in [5.74, 6) is 0.818. The fourth-order valence-corrected chi connectivity index (χ4v) is 2.70. The molecule has 0 radical (unpaired) electrons. The number of nitrogens with zero attached hydrogens (tertiary/aromatic N) is 2. The molecular weight excluding hydrogens is 368 g/mol. The van der Waals surface area contributed by atoms with E-state index in [-0.39, 0.29) is 24.5 Å². The van der Waals surface area contributed by atoms with Crippen LogP contribution in [0, 0.1) is 0 Å². The predicted molar refractivity (Wildman–Crippen MR) is 110 cm³/mol. The Hall–Kier alpha value is -3.15. The van der Waals surface area contributed by atoms with Crippen LogP contribution in [-0.4, -0.2) is 22.7 Å². The summed E-state index contributed by atoms with van der Waals surface area (Å²) < 4.78 is 15.8. The lowest BCUT2D eigenvalue weighted by Gasteiger charge is -2.19. The molecule has 2 aromatic carbocycles. The van der Waals surface area contributed by atoms with Crippen molar-refractivity contribution in [1.29, 1.82) is 0 Å². The van der Waals surface area contributed by atoms with E-state index < -0.39 is 5.97 Å². The maximum absolute atomic E-state index is 11.9. The van der Waals surface area contributed by atoms with Crippen molar-refractivity contribution >= 4 is 5.97 Å². The minimum atomic E-state index is -0.503. The molecule has 1 aromatic heterocycles. The Balaban J connectivity index is 1.47. The molecule has 0 N–H and O–H groups in total. The molecule has 0 aliphatic carbocycles. The molecule has 0 unspecified atom stereocenters. The minimum Gasteiger partial charge on any atom is -0.482 e. The zero-order valence-corrected chi connectivity index (χ0v) is 17.3. The maximum Gasteiger partial charge on any atom is 0.344 e. The van der Waals surface area contributed by atoms with Gasteiger partial charge in [0.2, 0.25) is 5.82 Å². The van der Waals surface area contributed by atoms with Gasteiger partial charge >= 0.3 is 5.97 Å². The molecule has 0 saturated carbocycles. The van der Waals surface area contributed by atoms with Gasteiger partial charge < -0.3 is 14.0 Å². The van der Waals surface area contributed by atoms with Crippen LogP contribution >= 0.6 is 0 Å². The first kappa shape index (κ1) is 20.6. The zero-order chi connectivity index (χ0) is 20.9. The second kappa shape index (κ2) is 8.90. The van der Waals surface area contributed by atoms with Crippen molar-refractivity contribution < 1.29 is 18.8 Å². The Morgan fingerprint density at radius 3 is 2.34 bits per heavy atom. The first-order valence-corrected chi connectivity index (χ1v) is 9.66. The van der Waals surface area contributed by atoms with Gasteiger partial charge in [-0.15, -0.1) is 0 Å². The van der Waals surface area contributed by atoms with Crippen LogP contribution in [0.5, 0.6) is 5.75 Å². The third-order valence-corrected chi connectivity index (χ3v) is 4.52. The second-order valence-electron chi connectivity index (χ2n) is 7.79. The number of rotatable bonds is 7. The van der Waals surface area contributed by atoms with Crippen LogP contribution < -0.4 is 4.74 Å². The lowest BCUT2D eigenvalue weighted by atomic mass is 9.87. The number of carbonyl (C=O) groups excluding carboxylic acids is 1. The molecule has 29 heavy (non-hydrogen) atoms. The van der Waals surface area contributed by atoms with Crippen LogP contribution in [-0.2, 0) is 28.0 Å². The van der Waals surface area contributed by atoms with Gasteiger partial charge in [-0.25, -0.2) is 4.79 Å². The molecular formula is C23H26N2O4. The van der Waals surface area contributed by atoms with Gasteiger partial charge in [0.25, 0.3) is 5.89 Å². The number of aromatic nitrogens is 2. The van der Waals surface area contributed by atoms with E-state index in [1.165, 1.54) is 11.1 Å². The van der Waals surface area contributed by atoms with E-state index in [1.54, 1.807) is 0 Å². The Morgan fingerprint density at radius 2 is 1.72 bits per heavy atom. The van der Waals surface area contributed by atoms with Crippen LogP contribution in [0.4, 0.5) is 0 Å². The largest absolute Gasteiger partial charge is 0.482 e. The highest BCUT2D eigenvalue weighted by Crippen LogP contribution is 2.24. The molecule has 0 amide bonds. The van der Waals surface area contributed by atoms with Gasteiger partial charge in [0.15, 0.2) is 13.2 Å². The van der Waals surface area contributed by atoms with Crippen molar-refractivity contribution in [3.63, 3.8) is 0 Å². The van der Waals surface area contributed by atoms with E-state index in [2.05, 4.69) is 37.8 Å². The quantitative estimate of drug-likeness (QED) is 0.540. The summed E-state index contributed by atoms with van der Waals surface area (Å²) >= 11 is 0. The van der Waals surface area contributed by atoms with E-state index in [0.717, 1.165) is 12.0 Å². The van der Waals surface area contributed by atoms with Gasteiger partial charge in [-0.2, -0.15) is 4.98 Å². The molecule has 0 aliphatic heterocycles. The van der Waals surface area contributed by atoms with Crippen LogP contribution in [0.25, 0.3) is 11.4 Å². The second-order valence-corrected chi connectivity index (χ2v) is 7.79. The van der Waals surface area contributed by atoms with Crippen LogP contribution in [0.1, 0.15) is 44.7 Å². The highest BCUT2D eigenvalue weighted by atomic mass is 16.6. The summed E-state index contributed by atoms with van der Waals surface area (Å²) in [6, 6.07) is 15.6. The summed E-state index contributed by atoms with van der Waals surface area (Å²) in [6.07, 6.45) is 0.969. The van der Waals surface area contributed by atoms with E-state index in [1.807, 2.05) is 48.5 Å². The van der Waals surface area contributed by atoms with Gasteiger partial charge in [0.1, 0.15) is 5.75 Å². The summed E-state index contributed by atoms with van der Waals surface area (Å²) in [5.41, 5.74) is 3.35. The van der Waals surface area contributed by atoms with Crippen molar-refractivity contribution in [1.82, 2.24) is 10.1 Å². The van der Waals surface area contributed by atoms with Gasteiger partial charge in [-0.05, 0) is 35.1 Å². The third-order valence-electron chi connectivity index (χ3n) is 4.52. The molecule has 0 saturated heterocycles. The number of esters is 1. The molecule has 152 valence electrons. The molecule has 6 nitrogen and oxygen atoms in total. The van der Waals surface area contributed by atoms with E-state index in [0.29, 0.717) is 11.6 Å². The maximum atomic E-state index is 11.9.